The van der Waals surface area contributed by atoms with Crippen molar-refractivity contribution in [2.24, 2.45) is 10.8 Å². The number of aromatic nitrogens is 2. The molecule has 0 unspecified atom stereocenters. The van der Waals surface area contributed by atoms with E-state index >= 15 is 0 Å². The summed E-state index contributed by atoms with van der Waals surface area (Å²) >= 11 is 0. The van der Waals surface area contributed by atoms with Gasteiger partial charge in [0.25, 0.3) is 0 Å². The zero-order chi connectivity index (χ0) is 26.9. The van der Waals surface area contributed by atoms with Gasteiger partial charge in [0.15, 0.2) is 0 Å². The highest BCUT2D eigenvalue weighted by atomic mass is 19.4. The quantitative estimate of drug-likeness (QED) is 0.499. The van der Waals surface area contributed by atoms with Crippen LogP contribution in [0.4, 0.5) is 37.0 Å². The van der Waals surface area contributed by atoms with Gasteiger partial charge in [-0.05, 0) is 54.9 Å². The number of pyridine rings is 2. The molecule has 0 radical (unpaired) electrons. The molecule has 4 heterocycles. The number of carbonyl (C=O) groups excluding carboxylic acids is 1. The smallest absolute Gasteiger partial charge is 0.369 e. The Balaban J connectivity index is 0.932. The summed E-state index contributed by atoms with van der Waals surface area (Å²) in [6, 6.07) is 6.04. The van der Waals surface area contributed by atoms with E-state index in [4.69, 9.17) is 0 Å². The van der Waals surface area contributed by atoms with Crippen LogP contribution in [0.5, 0.6) is 0 Å². The average Bonchev–Trinajstić information content (AvgIpc) is 3.57. The number of anilines is 1. The van der Waals surface area contributed by atoms with E-state index in [1.165, 1.54) is 12.3 Å². The molecule has 0 bridgehead atoms. The van der Waals surface area contributed by atoms with Gasteiger partial charge in [-0.25, -0.2) is 9.78 Å². The van der Waals surface area contributed by atoms with Gasteiger partial charge < -0.3 is 15.1 Å². The first-order valence-electron chi connectivity index (χ1n) is 12.7. The molecular weight excluding hydrogens is 512 g/mol. The number of likely N-dealkylation sites (tertiary alicyclic amines) is 2. The number of hydrogen-bond donors (Lipinski definition) is 1. The molecule has 6 rings (SSSR count). The lowest BCUT2D eigenvalue weighted by molar-refractivity contribution is -0.182. The Hall–Kier alpha value is -3.05. The molecule has 2 aromatic heterocycles. The molecule has 2 aromatic rings. The standard InChI is InChI=1S/C26H27F6N5O/c27-25(28,29)20-3-1-16(9-33-20)18-7-23(8-18)14-37(15-23)22(38)36-11-19(12-36)17-2-4-21(34-10-17)35-13-24(5-6-24)26(30,31)32/h1-4,9-10,18-19H,5-8,11-15H2,(H,34,35). The third kappa shape index (κ3) is 4.45. The predicted octanol–water partition coefficient (Wildman–Crippen LogP) is 5.65. The molecule has 0 atom stereocenters. The van der Waals surface area contributed by atoms with Crippen molar-refractivity contribution in [3.05, 3.63) is 53.5 Å². The molecule has 38 heavy (non-hydrogen) atoms. The Morgan fingerprint density at radius 3 is 2.05 bits per heavy atom. The molecule has 4 aliphatic rings. The van der Waals surface area contributed by atoms with Crippen LogP contribution in [0.2, 0.25) is 0 Å². The van der Waals surface area contributed by atoms with Crippen molar-refractivity contribution in [3.8, 4) is 0 Å². The first kappa shape index (κ1) is 25.2. The number of nitrogens with zero attached hydrogens (tertiary/aromatic N) is 4. The van der Waals surface area contributed by atoms with E-state index in [1.54, 1.807) is 17.2 Å². The van der Waals surface area contributed by atoms with Gasteiger partial charge in [-0.3, -0.25) is 4.98 Å². The molecule has 1 N–H and O–H groups in total. The molecule has 0 aromatic carbocycles. The second-order valence-corrected chi connectivity index (χ2v) is 11.4. The van der Waals surface area contributed by atoms with E-state index in [9.17, 15) is 31.1 Å². The fourth-order valence-electron chi connectivity index (χ4n) is 5.96. The predicted molar refractivity (Wildman–Crippen MR) is 125 cm³/mol. The van der Waals surface area contributed by atoms with Gasteiger partial charge in [0.1, 0.15) is 11.5 Å². The van der Waals surface area contributed by atoms with Crippen molar-refractivity contribution in [1.29, 1.82) is 0 Å². The summed E-state index contributed by atoms with van der Waals surface area (Å²) in [5.41, 5.74) is -0.716. The normalized spacial score (nSPS) is 22.5. The fraction of sp³-hybridized carbons (Fsp3) is 0.577. The number of amides is 2. The third-order valence-electron chi connectivity index (χ3n) is 8.70. The number of alkyl halides is 6. The highest BCUT2D eigenvalue weighted by Gasteiger charge is 2.63. The SMILES string of the molecule is O=C(N1CC(c2ccc(NCC3(C(F)(F)F)CC3)nc2)C1)N1CC2(CC(c3ccc(C(F)(F)F)nc3)C2)C1. The molecule has 2 aliphatic heterocycles. The lowest BCUT2D eigenvalue weighted by Crippen LogP contribution is -2.67. The van der Waals surface area contributed by atoms with Crippen molar-refractivity contribution in [3.63, 3.8) is 0 Å². The summed E-state index contributed by atoms with van der Waals surface area (Å²) in [4.78, 5) is 24.2. The summed E-state index contributed by atoms with van der Waals surface area (Å²) in [6.07, 6.45) is -3.73. The average molecular weight is 540 g/mol. The second kappa shape index (κ2) is 8.47. The van der Waals surface area contributed by atoms with Crippen LogP contribution >= 0.6 is 0 Å². The molecule has 6 nitrogen and oxygen atoms in total. The molecule has 1 spiro atoms. The summed E-state index contributed by atoms with van der Waals surface area (Å²) in [5.74, 6) is 0.720. The van der Waals surface area contributed by atoms with E-state index in [-0.39, 0.29) is 42.7 Å². The van der Waals surface area contributed by atoms with Crippen LogP contribution in [-0.2, 0) is 6.18 Å². The van der Waals surface area contributed by atoms with Crippen molar-refractivity contribution < 1.29 is 31.1 Å². The maximum Gasteiger partial charge on any atom is 0.433 e. The Morgan fingerprint density at radius 1 is 0.895 bits per heavy atom. The topological polar surface area (TPSA) is 61.4 Å². The summed E-state index contributed by atoms with van der Waals surface area (Å²) < 4.78 is 77.4. The Morgan fingerprint density at radius 2 is 1.53 bits per heavy atom. The van der Waals surface area contributed by atoms with Gasteiger partial charge in [0.05, 0.1) is 5.41 Å². The van der Waals surface area contributed by atoms with Crippen LogP contribution in [-0.4, -0.2) is 64.7 Å². The van der Waals surface area contributed by atoms with Gasteiger partial charge in [0.2, 0.25) is 0 Å². The number of carbonyl (C=O) groups is 1. The van der Waals surface area contributed by atoms with Crippen LogP contribution in [0.1, 0.15) is 54.3 Å². The summed E-state index contributed by atoms with van der Waals surface area (Å²) in [7, 11) is 0. The highest BCUT2D eigenvalue weighted by Crippen LogP contribution is 2.58. The summed E-state index contributed by atoms with van der Waals surface area (Å²) in [6.45, 7) is 2.26. The van der Waals surface area contributed by atoms with E-state index in [0.717, 1.165) is 30.0 Å². The first-order valence-corrected chi connectivity index (χ1v) is 12.7. The van der Waals surface area contributed by atoms with Crippen LogP contribution in [0.3, 0.4) is 0 Å². The van der Waals surface area contributed by atoms with Crippen LogP contribution in [0.25, 0.3) is 0 Å². The number of rotatable bonds is 5. The zero-order valence-electron chi connectivity index (χ0n) is 20.4. The van der Waals surface area contributed by atoms with Gasteiger partial charge in [0, 0.05) is 56.5 Å². The van der Waals surface area contributed by atoms with Crippen LogP contribution in [0.15, 0.2) is 36.7 Å². The zero-order valence-corrected chi connectivity index (χ0v) is 20.4. The lowest BCUT2D eigenvalue weighted by atomic mass is 9.56. The molecular formula is C26H27F6N5O. The van der Waals surface area contributed by atoms with Crippen molar-refractivity contribution >= 4 is 11.8 Å². The van der Waals surface area contributed by atoms with E-state index in [2.05, 4.69) is 15.3 Å². The minimum Gasteiger partial charge on any atom is -0.369 e. The Kier molecular flexibility index (Phi) is 5.63. The Labute approximate surface area is 215 Å². The highest BCUT2D eigenvalue weighted by molar-refractivity contribution is 5.77. The van der Waals surface area contributed by atoms with Gasteiger partial charge in [-0.2, -0.15) is 26.3 Å². The van der Waals surface area contributed by atoms with Gasteiger partial charge in [-0.15, -0.1) is 0 Å². The number of halogens is 6. The second-order valence-electron chi connectivity index (χ2n) is 11.4. The number of hydrogen-bond acceptors (Lipinski definition) is 4. The van der Waals surface area contributed by atoms with E-state index < -0.39 is 23.5 Å². The lowest BCUT2D eigenvalue weighted by Gasteiger charge is -2.60. The van der Waals surface area contributed by atoms with E-state index in [1.807, 2.05) is 11.0 Å². The first-order chi connectivity index (χ1) is 17.9. The maximum atomic E-state index is 13.1. The van der Waals surface area contributed by atoms with Crippen molar-refractivity contribution in [2.45, 2.75) is 49.9 Å². The van der Waals surface area contributed by atoms with Crippen molar-refractivity contribution in [2.75, 3.05) is 38.0 Å². The molecule has 4 fully saturated rings. The van der Waals surface area contributed by atoms with Gasteiger partial charge in [-0.1, -0.05) is 12.1 Å². The largest absolute Gasteiger partial charge is 0.433 e. The van der Waals surface area contributed by atoms with E-state index in [0.29, 0.717) is 32.0 Å². The fourth-order valence-corrected chi connectivity index (χ4v) is 5.96. The molecule has 12 heteroatoms. The minimum atomic E-state index is -4.44. The van der Waals surface area contributed by atoms with Gasteiger partial charge >= 0.3 is 18.4 Å². The minimum absolute atomic E-state index is 0.0142. The molecule has 2 aliphatic carbocycles. The molecule has 2 saturated carbocycles. The van der Waals surface area contributed by atoms with Crippen molar-refractivity contribution in [1.82, 2.24) is 19.8 Å². The maximum absolute atomic E-state index is 13.1. The summed E-state index contributed by atoms with van der Waals surface area (Å²) in [5, 5.41) is 2.80. The van der Waals surface area contributed by atoms with Crippen LogP contribution < -0.4 is 5.32 Å². The molecule has 204 valence electrons. The third-order valence-corrected chi connectivity index (χ3v) is 8.70. The molecule has 2 saturated heterocycles. The molecule has 2 amide bonds. The monoisotopic (exact) mass is 539 g/mol. The number of urea groups is 1. The number of nitrogens with one attached hydrogen (secondary N) is 1. The Bertz CT molecular complexity index is 1190. The van der Waals surface area contributed by atoms with Crippen LogP contribution in [0, 0.1) is 10.8 Å².